The minimum Gasteiger partial charge on any atom is -0.0619 e. The van der Waals surface area contributed by atoms with Gasteiger partial charge in [-0.05, 0) is 246 Å². The van der Waals surface area contributed by atoms with Gasteiger partial charge in [-0.3, -0.25) is 0 Å². The second kappa shape index (κ2) is 17.3. The van der Waals surface area contributed by atoms with Crippen molar-refractivity contribution in [3.8, 4) is 22.3 Å². The van der Waals surface area contributed by atoms with E-state index in [1.165, 1.54) is 197 Å². The molecule has 2 unspecified atom stereocenters. The van der Waals surface area contributed by atoms with E-state index in [2.05, 4.69) is 291 Å². The highest BCUT2D eigenvalue weighted by atomic mass is 14.5. The zero-order valence-corrected chi connectivity index (χ0v) is 46.9. The van der Waals surface area contributed by atoms with Crippen molar-refractivity contribution in [3.05, 3.63) is 358 Å². The summed E-state index contributed by atoms with van der Waals surface area (Å²) < 4.78 is 0. The molecule has 0 radical (unpaired) electrons. The first-order valence-corrected chi connectivity index (χ1v) is 30.4. The molecule has 86 heavy (non-hydrogen) atoms. The Morgan fingerprint density at radius 1 is 0.163 bits per heavy atom. The monoisotopic (exact) mass is 1080 g/mol. The number of rotatable bonds is 4. The number of benzene rings is 16. The molecule has 0 nitrogen and oxygen atoms in total. The van der Waals surface area contributed by atoms with Crippen molar-refractivity contribution in [2.75, 3.05) is 0 Å². The average Bonchev–Trinajstić information content (AvgIpc) is 1.55. The lowest BCUT2D eigenvalue weighted by Gasteiger charge is -2.22. The molecule has 16 aromatic rings. The Morgan fingerprint density at radius 3 is 0.721 bits per heavy atom. The van der Waals surface area contributed by atoms with Crippen molar-refractivity contribution in [1.29, 1.82) is 0 Å². The summed E-state index contributed by atoms with van der Waals surface area (Å²) in [4.78, 5) is 0. The van der Waals surface area contributed by atoms with Crippen molar-refractivity contribution in [1.82, 2.24) is 0 Å². The van der Waals surface area contributed by atoms with Crippen LogP contribution in [0.4, 0.5) is 0 Å². The normalized spacial score (nSPS) is 15.3. The number of allylic oxidation sites excluding steroid dienone is 2. The minimum atomic E-state index is -0.0174. The van der Waals surface area contributed by atoms with Gasteiger partial charge in [-0.15, -0.1) is 0 Å². The Kier molecular flexibility index (Phi) is 9.38. The average molecular weight is 1080 g/mol. The van der Waals surface area contributed by atoms with E-state index in [0.717, 1.165) is 0 Å². The largest absolute Gasteiger partial charge is 0.0619 e. The summed E-state index contributed by atoms with van der Waals surface area (Å²) in [5, 5.41) is 20.3. The van der Waals surface area contributed by atoms with Gasteiger partial charge < -0.3 is 0 Å². The van der Waals surface area contributed by atoms with E-state index < -0.39 is 0 Å². The molecule has 0 amide bonds. The zero-order valence-electron chi connectivity index (χ0n) is 46.9. The zero-order chi connectivity index (χ0) is 55.9. The van der Waals surface area contributed by atoms with Gasteiger partial charge >= 0.3 is 0 Å². The second-order valence-corrected chi connectivity index (χ2v) is 24.4. The van der Waals surface area contributed by atoms with Crippen LogP contribution in [-0.4, -0.2) is 0 Å². The van der Waals surface area contributed by atoms with Crippen molar-refractivity contribution >= 4 is 108 Å². The predicted octanol–water partition coefficient (Wildman–Crippen LogP) is 22.5. The molecule has 2 atom stereocenters. The van der Waals surface area contributed by atoms with Gasteiger partial charge in [-0.2, -0.15) is 0 Å². The molecule has 394 valence electrons. The molecule has 4 aliphatic rings. The molecular weight excluding hydrogens is 1030 g/mol. The number of hydrogen-bond acceptors (Lipinski definition) is 0. The number of fused-ring (bicyclic) bond motifs is 19. The van der Waals surface area contributed by atoms with Crippen LogP contribution in [0.15, 0.2) is 291 Å². The summed E-state index contributed by atoms with van der Waals surface area (Å²) in [6, 6.07) is 112. The van der Waals surface area contributed by atoms with Crippen LogP contribution >= 0.6 is 0 Å². The van der Waals surface area contributed by atoms with Crippen LogP contribution in [0, 0.1) is 0 Å². The topological polar surface area (TPSA) is 0 Å². The third-order valence-corrected chi connectivity index (χ3v) is 20.2. The third kappa shape index (κ3) is 6.22. The lowest BCUT2D eigenvalue weighted by Crippen LogP contribution is -2.03. The van der Waals surface area contributed by atoms with E-state index in [4.69, 9.17) is 0 Å². The van der Waals surface area contributed by atoms with Crippen LogP contribution in [0.3, 0.4) is 0 Å². The fourth-order valence-electron chi connectivity index (χ4n) is 16.8. The highest BCUT2D eigenvalue weighted by molar-refractivity contribution is 6.40. The van der Waals surface area contributed by atoms with Crippen LogP contribution < -0.4 is 0 Å². The maximum atomic E-state index is 2.69. The predicted molar refractivity (Wildman–Crippen MR) is 363 cm³/mol. The highest BCUT2D eigenvalue weighted by Gasteiger charge is 2.44. The summed E-state index contributed by atoms with van der Waals surface area (Å²) >= 11 is 0. The molecule has 0 heteroatoms. The Bertz CT molecular complexity index is 5260. The van der Waals surface area contributed by atoms with Crippen LogP contribution in [-0.2, 0) is 0 Å². The summed E-state index contributed by atoms with van der Waals surface area (Å²) in [6.07, 6.45) is 0. The van der Waals surface area contributed by atoms with E-state index in [-0.39, 0.29) is 11.8 Å². The quantitative estimate of drug-likeness (QED) is 0.154. The molecule has 0 saturated heterocycles. The maximum Gasteiger partial charge on any atom is 0.0364 e. The summed E-state index contributed by atoms with van der Waals surface area (Å²) in [7, 11) is 0. The van der Waals surface area contributed by atoms with Crippen LogP contribution in [0.25, 0.3) is 131 Å². The summed E-state index contributed by atoms with van der Waals surface area (Å²) in [5.74, 6) is -0.0349. The SMILES string of the molecule is c1ccc2c(c1)-c1cc3c(cc1C2c1c2ccccc2cc2ccccc12)C1=C(c2c4ccccc4cc4ccccc24)c2cc4c(cc2C1=C3c1c2ccccc2cc2ccccc12)C(c1c2ccccc2cc2ccccc12)c1ccccc1-4. The summed E-state index contributed by atoms with van der Waals surface area (Å²) in [5.41, 5.74) is 26.5. The van der Waals surface area contributed by atoms with Gasteiger partial charge in [-0.25, -0.2) is 0 Å². The molecule has 0 heterocycles. The van der Waals surface area contributed by atoms with Crippen molar-refractivity contribution < 1.29 is 0 Å². The Morgan fingerprint density at radius 2 is 0.407 bits per heavy atom. The van der Waals surface area contributed by atoms with Gasteiger partial charge in [0, 0.05) is 11.8 Å². The van der Waals surface area contributed by atoms with E-state index in [1.54, 1.807) is 0 Å². The molecule has 0 aliphatic heterocycles. The molecule has 4 aliphatic carbocycles. The molecule has 0 saturated carbocycles. The third-order valence-electron chi connectivity index (χ3n) is 20.2. The highest BCUT2D eigenvalue weighted by Crippen LogP contribution is 2.65. The Balaban J connectivity index is 0.984. The van der Waals surface area contributed by atoms with Gasteiger partial charge in [0.2, 0.25) is 0 Å². The summed E-state index contributed by atoms with van der Waals surface area (Å²) in [6.45, 7) is 0. The van der Waals surface area contributed by atoms with E-state index >= 15 is 0 Å². The lowest BCUT2D eigenvalue weighted by atomic mass is 9.80. The van der Waals surface area contributed by atoms with Crippen LogP contribution in [0.1, 0.15) is 78.6 Å². The fraction of sp³-hybridized carbons (Fsp3) is 0.0233. The lowest BCUT2D eigenvalue weighted by molar-refractivity contribution is 1.04. The first-order valence-electron chi connectivity index (χ1n) is 30.4. The molecule has 0 N–H and O–H groups in total. The minimum absolute atomic E-state index is 0.0174. The van der Waals surface area contributed by atoms with E-state index in [1.807, 2.05) is 0 Å². The standard InChI is InChI=1S/C86H50/c1-9-29-57-49(21-1)41-50-22-2-10-30-58(50)77(57)81-67-39-19-17-37-65(67)69-45-73-75(47-71(69)81)85-84(80-63-35-15-7-27-55(63)44-56-28-8-16-36-64(56)80)74-46-70-66-38-18-20-40-68(66)82(78-59-31-11-3-23-51(59)42-52-24-4-12-32-60(52)78)72(70)48-76(74)86(85)83(73)79-61-33-13-5-25-53(61)43-54-26-6-14-34-62(54)79/h1-48,81-82H. The Labute approximate surface area is 497 Å². The molecule has 0 aromatic heterocycles. The van der Waals surface area contributed by atoms with Crippen LogP contribution in [0.5, 0.6) is 0 Å². The van der Waals surface area contributed by atoms with Crippen molar-refractivity contribution in [2.24, 2.45) is 0 Å². The van der Waals surface area contributed by atoms with Crippen molar-refractivity contribution in [3.63, 3.8) is 0 Å². The van der Waals surface area contributed by atoms with E-state index in [0.29, 0.717) is 0 Å². The van der Waals surface area contributed by atoms with Gasteiger partial charge in [0.25, 0.3) is 0 Å². The molecule has 0 fully saturated rings. The van der Waals surface area contributed by atoms with Gasteiger partial charge in [0.05, 0.1) is 0 Å². The van der Waals surface area contributed by atoms with Gasteiger partial charge in [0.15, 0.2) is 0 Å². The van der Waals surface area contributed by atoms with Gasteiger partial charge in [-0.1, -0.05) is 243 Å². The second-order valence-electron chi connectivity index (χ2n) is 24.4. The fourth-order valence-corrected chi connectivity index (χ4v) is 16.8. The molecular formula is C86H50. The smallest absolute Gasteiger partial charge is 0.0364 e. The first-order chi connectivity index (χ1) is 42.7. The van der Waals surface area contributed by atoms with E-state index in [9.17, 15) is 0 Å². The molecule has 20 rings (SSSR count). The number of hydrogen-bond donors (Lipinski definition) is 0. The first kappa shape index (κ1) is 46.6. The molecule has 0 bridgehead atoms. The molecule has 0 spiro atoms. The van der Waals surface area contributed by atoms with Gasteiger partial charge in [0.1, 0.15) is 0 Å². The Hall–Kier alpha value is -10.9. The van der Waals surface area contributed by atoms with Crippen molar-refractivity contribution in [2.45, 2.75) is 11.8 Å². The molecule has 16 aromatic carbocycles. The van der Waals surface area contributed by atoms with Crippen LogP contribution in [0.2, 0.25) is 0 Å². The maximum absolute atomic E-state index is 2.69.